The molecule has 4 rings (SSSR count). The van der Waals surface area contributed by atoms with E-state index in [9.17, 15) is 13.6 Å². The summed E-state index contributed by atoms with van der Waals surface area (Å²) in [5.41, 5.74) is 2.65. The topological polar surface area (TPSA) is 48.5 Å². The number of nitrogens with zero attached hydrogens (tertiary/aromatic N) is 3. The number of ether oxygens (including phenoxy) is 1. The Balaban J connectivity index is 2.03. The molecule has 142 valence electrons. The maximum Gasteiger partial charge on any atom is 0.274 e. The highest BCUT2D eigenvalue weighted by Gasteiger charge is 2.20. The maximum atomic E-state index is 14.5. The Morgan fingerprint density at radius 1 is 1.04 bits per heavy atom. The van der Waals surface area contributed by atoms with Gasteiger partial charge in [0, 0.05) is 24.7 Å². The standard InChI is InChI=1S/C21H17F2N3O2/c1-12-20(16-9-6-14(22)10-17(16)23)21-25(2)18(11-19(27)26(21)24-12)13-4-7-15(28-3)8-5-13/h4-11H,1-3H3. The van der Waals surface area contributed by atoms with Crippen LogP contribution in [-0.2, 0) is 7.05 Å². The number of rotatable bonds is 3. The summed E-state index contributed by atoms with van der Waals surface area (Å²) in [6.07, 6.45) is 0. The molecule has 0 amide bonds. The molecule has 0 spiro atoms. The summed E-state index contributed by atoms with van der Waals surface area (Å²) in [7, 11) is 3.36. The minimum atomic E-state index is -0.708. The molecule has 5 nitrogen and oxygen atoms in total. The summed E-state index contributed by atoms with van der Waals surface area (Å²) in [4.78, 5) is 12.7. The Morgan fingerprint density at radius 3 is 2.39 bits per heavy atom. The van der Waals surface area contributed by atoms with Crippen molar-refractivity contribution in [2.75, 3.05) is 7.11 Å². The number of halogens is 2. The predicted octanol–water partition coefficient (Wildman–Crippen LogP) is 3.96. The fourth-order valence-corrected chi connectivity index (χ4v) is 3.41. The Morgan fingerprint density at radius 2 is 1.75 bits per heavy atom. The highest BCUT2D eigenvalue weighted by Crippen LogP contribution is 2.32. The normalized spacial score (nSPS) is 11.2. The number of benzene rings is 2. The van der Waals surface area contributed by atoms with Gasteiger partial charge in [0.15, 0.2) is 0 Å². The molecule has 0 fully saturated rings. The lowest BCUT2D eigenvalue weighted by Crippen LogP contribution is -2.18. The average molecular weight is 381 g/mol. The fourth-order valence-electron chi connectivity index (χ4n) is 3.41. The highest BCUT2D eigenvalue weighted by molar-refractivity contribution is 5.82. The Bertz CT molecular complexity index is 1260. The third kappa shape index (κ3) is 2.76. The maximum absolute atomic E-state index is 14.5. The van der Waals surface area contributed by atoms with Gasteiger partial charge in [0.25, 0.3) is 5.56 Å². The van der Waals surface area contributed by atoms with Crippen molar-refractivity contribution >= 4 is 5.65 Å². The van der Waals surface area contributed by atoms with Crippen LogP contribution in [0.1, 0.15) is 5.69 Å². The lowest BCUT2D eigenvalue weighted by atomic mass is 10.0. The van der Waals surface area contributed by atoms with Crippen molar-refractivity contribution in [2.24, 2.45) is 7.05 Å². The second-order valence-electron chi connectivity index (χ2n) is 6.48. The lowest BCUT2D eigenvalue weighted by molar-refractivity contribution is 0.415. The van der Waals surface area contributed by atoms with Crippen molar-refractivity contribution in [3.8, 4) is 28.1 Å². The van der Waals surface area contributed by atoms with Crippen LogP contribution in [-0.4, -0.2) is 21.3 Å². The molecule has 0 aliphatic rings. The summed E-state index contributed by atoms with van der Waals surface area (Å²) >= 11 is 0. The van der Waals surface area contributed by atoms with Crippen molar-refractivity contribution in [3.63, 3.8) is 0 Å². The third-order valence-electron chi connectivity index (χ3n) is 4.77. The first-order valence-electron chi connectivity index (χ1n) is 8.60. The molecule has 0 bridgehead atoms. The minimum absolute atomic E-state index is 0.191. The van der Waals surface area contributed by atoms with Crippen molar-refractivity contribution in [3.05, 3.63) is 76.2 Å². The van der Waals surface area contributed by atoms with Gasteiger partial charge in [0.05, 0.1) is 24.1 Å². The van der Waals surface area contributed by atoms with Gasteiger partial charge in [-0.2, -0.15) is 9.61 Å². The summed E-state index contributed by atoms with van der Waals surface area (Å²) in [5.74, 6) is -0.674. The number of aryl methyl sites for hydroxylation is 2. The monoisotopic (exact) mass is 381 g/mol. The van der Waals surface area contributed by atoms with Crippen LogP contribution in [0.4, 0.5) is 8.78 Å². The van der Waals surface area contributed by atoms with E-state index in [-0.39, 0.29) is 11.1 Å². The van der Waals surface area contributed by atoms with Gasteiger partial charge < -0.3 is 9.30 Å². The summed E-state index contributed by atoms with van der Waals surface area (Å²) in [5, 5.41) is 4.28. The quantitative estimate of drug-likeness (QED) is 0.540. The SMILES string of the molecule is COc1ccc(-c2cc(=O)n3nc(C)c(-c4ccc(F)cc4F)c3n2C)cc1. The van der Waals surface area contributed by atoms with Crippen LogP contribution < -0.4 is 10.3 Å². The molecule has 0 saturated heterocycles. The van der Waals surface area contributed by atoms with Crippen LogP contribution in [0.3, 0.4) is 0 Å². The zero-order chi connectivity index (χ0) is 20.0. The van der Waals surface area contributed by atoms with Gasteiger partial charge in [0.1, 0.15) is 23.0 Å². The van der Waals surface area contributed by atoms with Gasteiger partial charge in [-0.15, -0.1) is 0 Å². The number of fused-ring (bicyclic) bond motifs is 1. The van der Waals surface area contributed by atoms with Gasteiger partial charge in [-0.1, -0.05) is 0 Å². The second kappa shape index (κ2) is 6.60. The number of methoxy groups -OCH3 is 1. The van der Waals surface area contributed by atoms with Gasteiger partial charge in [0.2, 0.25) is 0 Å². The van der Waals surface area contributed by atoms with Crippen molar-refractivity contribution in [1.82, 2.24) is 14.2 Å². The zero-order valence-electron chi connectivity index (χ0n) is 15.5. The van der Waals surface area contributed by atoms with Crippen molar-refractivity contribution < 1.29 is 13.5 Å². The molecule has 7 heteroatoms. The highest BCUT2D eigenvalue weighted by atomic mass is 19.1. The molecule has 0 saturated carbocycles. The van der Waals surface area contributed by atoms with E-state index in [0.717, 1.165) is 11.6 Å². The molecular formula is C21H17F2N3O2. The molecule has 0 aliphatic carbocycles. The molecule has 4 aromatic rings. The molecule has 0 radical (unpaired) electrons. The molecule has 0 atom stereocenters. The minimum Gasteiger partial charge on any atom is -0.497 e. The van der Waals surface area contributed by atoms with Gasteiger partial charge in [-0.25, -0.2) is 8.78 Å². The van der Waals surface area contributed by atoms with E-state index >= 15 is 0 Å². The first-order chi connectivity index (χ1) is 13.4. The van der Waals surface area contributed by atoms with Gasteiger partial charge >= 0.3 is 0 Å². The summed E-state index contributed by atoms with van der Waals surface area (Å²) in [6.45, 7) is 1.69. The van der Waals surface area contributed by atoms with Crippen LogP contribution in [0.25, 0.3) is 28.0 Å². The van der Waals surface area contributed by atoms with Crippen LogP contribution in [0.15, 0.2) is 53.3 Å². The van der Waals surface area contributed by atoms with Gasteiger partial charge in [-0.3, -0.25) is 4.79 Å². The van der Waals surface area contributed by atoms with Crippen molar-refractivity contribution in [1.29, 1.82) is 0 Å². The fraction of sp³-hybridized carbons (Fsp3) is 0.143. The second-order valence-corrected chi connectivity index (χ2v) is 6.48. The van der Waals surface area contributed by atoms with Crippen LogP contribution in [0.2, 0.25) is 0 Å². The molecule has 2 heterocycles. The van der Waals surface area contributed by atoms with Crippen LogP contribution in [0.5, 0.6) is 5.75 Å². The number of hydrogen-bond acceptors (Lipinski definition) is 3. The van der Waals surface area contributed by atoms with E-state index in [2.05, 4.69) is 5.10 Å². The average Bonchev–Trinajstić information content (AvgIpc) is 3.03. The van der Waals surface area contributed by atoms with Crippen LogP contribution >= 0.6 is 0 Å². The smallest absolute Gasteiger partial charge is 0.274 e. The zero-order valence-corrected chi connectivity index (χ0v) is 15.5. The van der Waals surface area contributed by atoms with E-state index in [1.54, 1.807) is 37.8 Å². The Kier molecular flexibility index (Phi) is 4.22. The van der Waals surface area contributed by atoms with E-state index in [4.69, 9.17) is 4.74 Å². The summed E-state index contributed by atoms with van der Waals surface area (Å²) < 4.78 is 36.0. The van der Waals surface area contributed by atoms with E-state index < -0.39 is 11.6 Å². The molecule has 0 N–H and O–H groups in total. The molecule has 2 aromatic heterocycles. The Hall–Kier alpha value is -3.48. The number of aromatic nitrogens is 3. The van der Waals surface area contributed by atoms with Crippen molar-refractivity contribution in [2.45, 2.75) is 6.92 Å². The van der Waals surface area contributed by atoms with E-state index in [0.29, 0.717) is 28.3 Å². The molecular weight excluding hydrogens is 364 g/mol. The first-order valence-corrected chi connectivity index (χ1v) is 8.60. The third-order valence-corrected chi connectivity index (χ3v) is 4.77. The van der Waals surface area contributed by atoms with Crippen LogP contribution in [0, 0.1) is 18.6 Å². The largest absolute Gasteiger partial charge is 0.497 e. The molecule has 0 aliphatic heterocycles. The summed E-state index contributed by atoms with van der Waals surface area (Å²) in [6, 6.07) is 12.1. The predicted molar refractivity (Wildman–Crippen MR) is 103 cm³/mol. The van der Waals surface area contributed by atoms with E-state index in [1.807, 2.05) is 12.1 Å². The Labute approximate surface area is 159 Å². The first kappa shape index (κ1) is 17.9. The lowest BCUT2D eigenvalue weighted by Gasteiger charge is -2.13. The molecule has 28 heavy (non-hydrogen) atoms. The van der Waals surface area contributed by atoms with Gasteiger partial charge in [-0.05, 0) is 48.9 Å². The van der Waals surface area contributed by atoms with E-state index in [1.165, 1.54) is 22.7 Å². The molecule has 2 aromatic carbocycles. The number of hydrogen-bond donors (Lipinski definition) is 0. The molecule has 0 unspecified atom stereocenters.